The van der Waals surface area contributed by atoms with E-state index in [9.17, 15) is 0 Å². The van der Waals surface area contributed by atoms with E-state index < -0.39 is 15.9 Å². The number of pyridine rings is 1. The van der Waals surface area contributed by atoms with Crippen molar-refractivity contribution < 1.29 is 7.58 Å². The van der Waals surface area contributed by atoms with Crippen molar-refractivity contribution in [2.75, 3.05) is 0 Å². The fourth-order valence-electron chi connectivity index (χ4n) is 4.39. The van der Waals surface area contributed by atoms with Crippen molar-refractivity contribution in [3.8, 4) is 22.6 Å². The first kappa shape index (κ1) is 20.7. The maximum Gasteiger partial charge on any atom is 0.881 e. The Bertz CT molecular complexity index is 1660. The Morgan fingerprint density at radius 2 is 1.38 bits per heavy atom. The molecule has 6 rings (SSSR count). The summed E-state index contributed by atoms with van der Waals surface area (Å²) in [4.78, 5) is 4.63. The summed E-state index contributed by atoms with van der Waals surface area (Å²) in [5.74, 6) is 1.57. The molecular weight excluding hydrogens is 433 g/mol. The molecule has 0 N–H and O–H groups in total. The highest BCUT2D eigenvalue weighted by molar-refractivity contribution is 6.21. The van der Waals surface area contributed by atoms with E-state index in [1.807, 2.05) is 37.3 Å². The molecule has 0 unspecified atom stereocenters. The van der Waals surface area contributed by atoms with Crippen LogP contribution in [0.15, 0.2) is 109 Å². The number of para-hydroxylation sites is 1. The maximum absolute atomic E-state index is 6.01. The minimum absolute atomic E-state index is 0.711. The fourth-order valence-corrected chi connectivity index (χ4v) is 4.99. The van der Waals surface area contributed by atoms with Crippen LogP contribution in [-0.4, -0.2) is 20.9 Å². The number of aromatic nitrogens is 1. The Labute approximate surface area is 205 Å². The van der Waals surface area contributed by atoms with Gasteiger partial charge in [-0.05, 0) is 69.9 Å². The third-order valence-electron chi connectivity index (χ3n) is 6.09. The van der Waals surface area contributed by atoms with Gasteiger partial charge in [-0.2, -0.15) is 0 Å². The van der Waals surface area contributed by atoms with Gasteiger partial charge in [0.25, 0.3) is 0 Å². The molecule has 34 heavy (non-hydrogen) atoms. The molecule has 0 spiro atoms. The summed E-state index contributed by atoms with van der Waals surface area (Å²) >= 11 is -0.711. The summed E-state index contributed by atoms with van der Waals surface area (Å²) in [7, 11) is 0. The lowest BCUT2D eigenvalue weighted by Gasteiger charge is -2.12. The van der Waals surface area contributed by atoms with E-state index in [-0.39, 0.29) is 0 Å². The molecule has 0 amide bonds. The lowest BCUT2D eigenvalue weighted by Crippen LogP contribution is -2.11. The molecule has 0 bridgehead atoms. The standard InChI is InChI=1S/C20H14O.C10H9NO.Al/c21-18-11-10-15-12-17(9-8-16(15)13-18)20-7-3-5-14-4-1-2-6-19(14)20;1-7-5-6-8-3-2-4-9(12)10(8)11-7;/h1-13,21H;2-6,12H,1H3;/q;;+2/p-2. The Morgan fingerprint density at radius 1 is 0.618 bits per heavy atom. The van der Waals surface area contributed by atoms with Crippen LogP contribution in [0.1, 0.15) is 5.69 Å². The molecule has 161 valence electrons. The molecule has 0 fully saturated rings. The molecule has 5 aromatic carbocycles. The van der Waals surface area contributed by atoms with Gasteiger partial charge in [0.2, 0.25) is 0 Å². The van der Waals surface area contributed by atoms with Gasteiger partial charge in [0.05, 0.1) is 5.75 Å². The molecule has 0 aliphatic heterocycles. The molecule has 0 atom stereocenters. The molecule has 1 radical (unpaired) electrons. The fraction of sp³-hybridized carbons (Fsp3) is 0.0333. The van der Waals surface area contributed by atoms with Crippen LogP contribution < -0.4 is 7.58 Å². The quantitative estimate of drug-likeness (QED) is 0.253. The number of fused-ring (bicyclic) bond motifs is 3. The molecular formula is C30H21AlNO2. The highest BCUT2D eigenvalue weighted by Gasteiger charge is 2.11. The minimum atomic E-state index is -0.711. The van der Waals surface area contributed by atoms with Crippen molar-refractivity contribution in [2.45, 2.75) is 6.92 Å². The van der Waals surface area contributed by atoms with Gasteiger partial charge in [-0.3, -0.25) is 0 Å². The van der Waals surface area contributed by atoms with E-state index in [0.29, 0.717) is 0 Å². The number of benzene rings is 5. The van der Waals surface area contributed by atoms with Crippen molar-refractivity contribution in [3.05, 3.63) is 115 Å². The summed E-state index contributed by atoms with van der Waals surface area (Å²) in [6.45, 7) is 1.99. The Kier molecular flexibility index (Phi) is 5.39. The van der Waals surface area contributed by atoms with Crippen molar-refractivity contribution in [3.63, 3.8) is 0 Å². The zero-order valence-corrected chi connectivity index (χ0v) is 19.9. The second-order valence-corrected chi connectivity index (χ2v) is 9.03. The molecule has 0 saturated carbocycles. The van der Waals surface area contributed by atoms with Crippen LogP contribution in [-0.2, 0) is 0 Å². The highest BCUT2D eigenvalue weighted by atomic mass is 27.2. The molecule has 0 aliphatic carbocycles. The molecule has 3 nitrogen and oxygen atoms in total. The van der Waals surface area contributed by atoms with Crippen LogP contribution in [0.2, 0.25) is 0 Å². The van der Waals surface area contributed by atoms with Gasteiger partial charge in [-0.25, -0.2) is 4.98 Å². The lowest BCUT2D eigenvalue weighted by molar-refractivity contribution is 0.461. The molecule has 4 heteroatoms. The maximum atomic E-state index is 6.01. The first-order valence-electron chi connectivity index (χ1n) is 11.3. The van der Waals surface area contributed by atoms with Crippen LogP contribution in [0.25, 0.3) is 43.6 Å². The van der Waals surface area contributed by atoms with E-state index >= 15 is 0 Å². The third-order valence-corrected chi connectivity index (χ3v) is 6.81. The summed E-state index contributed by atoms with van der Waals surface area (Å²) in [5.41, 5.74) is 4.30. The van der Waals surface area contributed by atoms with Crippen LogP contribution in [0.5, 0.6) is 11.5 Å². The van der Waals surface area contributed by atoms with Gasteiger partial charge >= 0.3 is 15.9 Å². The number of hydrogen-bond donors (Lipinski definition) is 0. The van der Waals surface area contributed by atoms with Crippen LogP contribution in [0, 0.1) is 6.92 Å². The normalized spacial score (nSPS) is 11.1. The number of hydrogen-bond acceptors (Lipinski definition) is 3. The second kappa shape index (κ2) is 8.84. The first-order chi connectivity index (χ1) is 16.7. The smallest absolute Gasteiger partial charge is 0.616 e. The van der Waals surface area contributed by atoms with E-state index in [4.69, 9.17) is 7.58 Å². The van der Waals surface area contributed by atoms with Gasteiger partial charge < -0.3 is 7.58 Å². The van der Waals surface area contributed by atoms with E-state index in [0.717, 1.165) is 33.5 Å². The Balaban J connectivity index is 1.23. The minimum Gasteiger partial charge on any atom is -0.616 e. The van der Waals surface area contributed by atoms with Gasteiger partial charge in [-0.15, -0.1) is 0 Å². The van der Waals surface area contributed by atoms with Crippen LogP contribution in [0.4, 0.5) is 0 Å². The Morgan fingerprint density at radius 3 is 2.35 bits per heavy atom. The van der Waals surface area contributed by atoms with Crippen molar-refractivity contribution in [1.29, 1.82) is 0 Å². The van der Waals surface area contributed by atoms with Crippen molar-refractivity contribution >= 4 is 48.3 Å². The number of rotatable bonds is 5. The summed E-state index contributed by atoms with van der Waals surface area (Å²) in [6.07, 6.45) is 0. The van der Waals surface area contributed by atoms with Crippen molar-refractivity contribution in [1.82, 2.24) is 4.98 Å². The van der Waals surface area contributed by atoms with E-state index in [2.05, 4.69) is 83.8 Å². The largest absolute Gasteiger partial charge is 0.881 e. The molecule has 6 aromatic rings. The Hall–Kier alpha value is -3.84. The van der Waals surface area contributed by atoms with Crippen LogP contribution in [0.3, 0.4) is 0 Å². The number of nitrogens with zero attached hydrogens (tertiary/aromatic N) is 1. The van der Waals surface area contributed by atoms with Gasteiger partial charge in [0.1, 0.15) is 11.3 Å². The summed E-state index contributed by atoms with van der Waals surface area (Å²) < 4.78 is 12.0. The first-order valence-corrected chi connectivity index (χ1v) is 12.2. The topological polar surface area (TPSA) is 31.4 Å². The van der Waals surface area contributed by atoms with Gasteiger partial charge in [0.15, 0.2) is 0 Å². The molecule has 0 aliphatic rings. The SMILES string of the molecule is Cc1ccc2cccc([O][Al][O]c3ccc4cc(-c5cccc6ccccc56)ccc4c3)c2n1. The average molecular weight is 454 g/mol. The lowest BCUT2D eigenvalue weighted by atomic mass is 9.96. The molecule has 0 saturated heterocycles. The van der Waals surface area contributed by atoms with E-state index in [1.54, 1.807) is 0 Å². The van der Waals surface area contributed by atoms with Gasteiger partial charge in [-0.1, -0.05) is 78.9 Å². The summed E-state index contributed by atoms with van der Waals surface area (Å²) in [6, 6.07) is 37.8. The third kappa shape index (κ3) is 3.99. The predicted octanol–water partition coefficient (Wildman–Crippen LogP) is 7.51. The average Bonchev–Trinajstić information content (AvgIpc) is 2.88. The van der Waals surface area contributed by atoms with E-state index in [1.165, 1.54) is 27.3 Å². The predicted molar refractivity (Wildman–Crippen MR) is 140 cm³/mol. The zero-order chi connectivity index (χ0) is 22.9. The monoisotopic (exact) mass is 454 g/mol. The van der Waals surface area contributed by atoms with Gasteiger partial charge in [0, 0.05) is 11.1 Å². The van der Waals surface area contributed by atoms with Crippen LogP contribution >= 0.6 is 0 Å². The summed E-state index contributed by atoms with van der Waals surface area (Å²) in [5, 5.41) is 5.91. The zero-order valence-electron chi connectivity index (χ0n) is 18.7. The van der Waals surface area contributed by atoms with Crippen molar-refractivity contribution in [2.24, 2.45) is 0 Å². The highest BCUT2D eigenvalue weighted by Crippen LogP contribution is 2.32. The molecule has 1 heterocycles. The molecule has 1 aromatic heterocycles. The second-order valence-electron chi connectivity index (χ2n) is 8.36. The number of aryl methyl sites for hydroxylation is 1.